The van der Waals surface area contributed by atoms with Gasteiger partial charge in [0.05, 0.1) is 10.9 Å². The molecule has 2 heterocycles. The highest BCUT2D eigenvalue weighted by Crippen LogP contribution is 2.30. The molecule has 0 saturated heterocycles. The summed E-state index contributed by atoms with van der Waals surface area (Å²) in [4.78, 5) is 33.8. The largest absolute Gasteiger partial charge is 0.450 e. The summed E-state index contributed by atoms with van der Waals surface area (Å²) in [7, 11) is 0. The van der Waals surface area contributed by atoms with Crippen LogP contribution in [0.3, 0.4) is 0 Å². The van der Waals surface area contributed by atoms with Gasteiger partial charge in [-0.3, -0.25) is 4.79 Å². The first kappa shape index (κ1) is 17.0. The number of nitrogens with zero attached hydrogens (tertiary/aromatic N) is 1. The van der Waals surface area contributed by atoms with E-state index in [2.05, 4.69) is 9.97 Å². The second-order valence-electron chi connectivity index (χ2n) is 6.64. The maximum atomic E-state index is 12.5. The molecule has 4 rings (SSSR count). The average molecular weight is 368 g/mol. The molecular formula is C20H20N2O3S. The molecule has 26 heavy (non-hydrogen) atoms. The molecule has 5 nitrogen and oxygen atoms in total. The normalized spacial score (nSPS) is 15.3. The molecule has 1 aliphatic carbocycles. The van der Waals surface area contributed by atoms with Crippen LogP contribution in [0, 0.1) is 0 Å². The number of rotatable bonds is 3. The predicted octanol–water partition coefficient (Wildman–Crippen LogP) is 4.17. The number of hydrogen-bond donors (Lipinski definition) is 1. The number of hydrogen-bond acceptors (Lipinski definition) is 5. The van der Waals surface area contributed by atoms with Crippen LogP contribution in [0.15, 0.2) is 35.1 Å². The van der Waals surface area contributed by atoms with Crippen molar-refractivity contribution in [1.29, 1.82) is 0 Å². The highest BCUT2D eigenvalue weighted by molar-refractivity contribution is 7.14. The predicted molar refractivity (Wildman–Crippen MR) is 102 cm³/mol. The van der Waals surface area contributed by atoms with E-state index in [4.69, 9.17) is 4.74 Å². The second-order valence-corrected chi connectivity index (χ2v) is 7.77. The monoisotopic (exact) mass is 368 g/mol. The molecule has 0 aliphatic heterocycles. The number of para-hydroxylation sites is 1. The smallest absolute Gasteiger partial charge is 0.349 e. The van der Waals surface area contributed by atoms with Crippen molar-refractivity contribution in [1.82, 2.24) is 9.97 Å². The minimum atomic E-state index is -0.623. The zero-order chi connectivity index (χ0) is 18.1. The van der Waals surface area contributed by atoms with Gasteiger partial charge in [0.1, 0.15) is 4.88 Å². The summed E-state index contributed by atoms with van der Waals surface area (Å²) in [6.45, 7) is 1.73. The van der Waals surface area contributed by atoms with E-state index in [-0.39, 0.29) is 11.5 Å². The number of esters is 1. The Morgan fingerprint density at radius 1 is 1.23 bits per heavy atom. The third-order valence-corrected chi connectivity index (χ3v) is 5.96. The van der Waals surface area contributed by atoms with Crippen LogP contribution in [-0.4, -0.2) is 15.9 Å². The van der Waals surface area contributed by atoms with Gasteiger partial charge in [0.25, 0.3) is 5.56 Å². The number of thiophene rings is 1. The maximum Gasteiger partial charge on any atom is 0.349 e. The Bertz CT molecular complexity index is 998. The van der Waals surface area contributed by atoms with Gasteiger partial charge in [-0.15, -0.1) is 11.3 Å². The number of H-pyrrole nitrogens is 1. The summed E-state index contributed by atoms with van der Waals surface area (Å²) in [5.41, 5.74) is 1.65. The Hall–Kier alpha value is -2.47. The first-order valence-corrected chi connectivity index (χ1v) is 9.75. The highest BCUT2D eigenvalue weighted by Gasteiger charge is 2.21. The number of aromatic amines is 1. The summed E-state index contributed by atoms with van der Waals surface area (Å²) in [6.07, 6.45) is 5.06. The molecule has 0 radical (unpaired) electrons. The minimum absolute atomic E-state index is 0.226. The molecule has 0 amide bonds. The van der Waals surface area contributed by atoms with Gasteiger partial charge in [0, 0.05) is 4.88 Å². The van der Waals surface area contributed by atoms with Crippen molar-refractivity contribution in [3.63, 3.8) is 0 Å². The number of carbonyl (C=O) groups is 1. The molecule has 0 unspecified atom stereocenters. The van der Waals surface area contributed by atoms with Gasteiger partial charge in [-0.05, 0) is 56.4 Å². The van der Waals surface area contributed by atoms with Crippen LogP contribution in [0.25, 0.3) is 10.9 Å². The molecule has 1 aliphatic rings. The standard InChI is InChI=1S/C20H20N2O3S/c1-12(18-21-15-9-6-5-8-14(15)19(23)22-18)25-20(24)17-11-13-7-3-2-4-10-16(13)26-17/h5-6,8-9,11-12H,2-4,7,10H2,1H3,(H,21,22,23)/t12-/m1/s1. The van der Waals surface area contributed by atoms with Crippen LogP contribution in [-0.2, 0) is 17.6 Å². The van der Waals surface area contributed by atoms with E-state index in [0.717, 1.165) is 12.8 Å². The van der Waals surface area contributed by atoms with Crippen molar-refractivity contribution in [2.45, 2.75) is 45.1 Å². The molecule has 0 spiro atoms. The van der Waals surface area contributed by atoms with Crippen LogP contribution in [0.1, 0.15) is 58.2 Å². The van der Waals surface area contributed by atoms with Crippen LogP contribution < -0.4 is 5.56 Å². The summed E-state index contributed by atoms with van der Waals surface area (Å²) < 4.78 is 5.57. The molecular weight excluding hydrogens is 348 g/mol. The Kier molecular flexibility index (Phi) is 4.59. The number of aromatic nitrogens is 2. The highest BCUT2D eigenvalue weighted by atomic mass is 32.1. The average Bonchev–Trinajstić information content (AvgIpc) is 2.92. The Labute approximate surface area is 155 Å². The van der Waals surface area contributed by atoms with Gasteiger partial charge in [-0.25, -0.2) is 9.78 Å². The van der Waals surface area contributed by atoms with E-state index in [1.165, 1.54) is 41.0 Å². The van der Waals surface area contributed by atoms with Crippen molar-refractivity contribution in [3.8, 4) is 0 Å². The SMILES string of the molecule is C[C@@H](OC(=O)c1cc2c(s1)CCCCC2)c1nc2ccccc2c(=O)[nH]1. The number of benzene rings is 1. The van der Waals surface area contributed by atoms with Crippen LogP contribution >= 0.6 is 11.3 Å². The Morgan fingerprint density at radius 2 is 2.04 bits per heavy atom. The molecule has 1 atom stereocenters. The van der Waals surface area contributed by atoms with Crippen molar-refractivity contribution in [3.05, 3.63) is 61.8 Å². The van der Waals surface area contributed by atoms with Crippen LogP contribution in [0.2, 0.25) is 0 Å². The van der Waals surface area contributed by atoms with Gasteiger partial charge in [-0.1, -0.05) is 18.6 Å². The molecule has 0 bridgehead atoms. The lowest BCUT2D eigenvalue weighted by Gasteiger charge is -2.12. The lowest BCUT2D eigenvalue weighted by Crippen LogP contribution is -2.17. The van der Waals surface area contributed by atoms with Gasteiger partial charge < -0.3 is 9.72 Å². The molecule has 2 aromatic heterocycles. The maximum absolute atomic E-state index is 12.5. The van der Waals surface area contributed by atoms with Gasteiger partial charge in [0.15, 0.2) is 11.9 Å². The van der Waals surface area contributed by atoms with E-state index < -0.39 is 6.10 Å². The Balaban J connectivity index is 1.55. The van der Waals surface area contributed by atoms with E-state index in [1.54, 1.807) is 25.1 Å². The third kappa shape index (κ3) is 3.29. The summed E-state index contributed by atoms with van der Waals surface area (Å²) in [6, 6.07) is 9.09. The zero-order valence-corrected chi connectivity index (χ0v) is 15.4. The van der Waals surface area contributed by atoms with Crippen LogP contribution in [0.5, 0.6) is 0 Å². The number of nitrogens with one attached hydrogen (secondary N) is 1. The first-order chi connectivity index (χ1) is 12.6. The zero-order valence-electron chi connectivity index (χ0n) is 14.6. The molecule has 6 heteroatoms. The summed E-state index contributed by atoms with van der Waals surface area (Å²) in [5, 5.41) is 0.525. The van der Waals surface area contributed by atoms with E-state index in [1.807, 2.05) is 12.1 Å². The fourth-order valence-corrected chi connectivity index (χ4v) is 4.48. The second kappa shape index (κ2) is 7.03. The molecule has 134 valence electrons. The first-order valence-electron chi connectivity index (χ1n) is 8.93. The van der Waals surface area contributed by atoms with Crippen LogP contribution in [0.4, 0.5) is 0 Å². The van der Waals surface area contributed by atoms with E-state index >= 15 is 0 Å². The summed E-state index contributed by atoms with van der Waals surface area (Å²) >= 11 is 1.53. The number of fused-ring (bicyclic) bond motifs is 2. The van der Waals surface area contributed by atoms with Gasteiger partial charge in [-0.2, -0.15) is 0 Å². The third-order valence-electron chi connectivity index (χ3n) is 4.75. The quantitative estimate of drug-likeness (QED) is 0.556. The van der Waals surface area contributed by atoms with Crippen molar-refractivity contribution in [2.24, 2.45) is 0 Å². The summed E-state index contributed by atoms with van der Waals surface area (Å²) in [5.74, 6) is 0.00607. The number of aryl methyl sites for hydroxylation is 2. The number of ether oxygens (including phenoxy) is 1. The van der Waals surface area contributed by atoms with E-state index in [9.17, 15) is 9.59 Å². The topological polar surface area (TPSA) is 72.0 Å². The molecule has 0 saturated carbocycles. The number of carbonyl (C=O) groups excluding carboxylic acids is 1. The van der Waals surface area contributed by atoms with Crippen molar-refractivity contribution < 1.29 is 9.53 Å². The van der Waals surface area contributed by atoms with Crippen molar-refractivity contribution >= 4 is 28.2 Å². The minimum Gasteiger partial charge on any atom is -0.450 e. The fourth-order valence-electron chi connectivity index (χ4n) is 3.34. The molecule has 1 aromatic carbocycles. The molecule has 3 aromatic rings. The molecule has 0 fully saturated rings. The lowest BCUT2D eigenvalue weighted by molar-refractivity contribution is 0.0326. The fraction of sp³-hybridized carbons (Fsp3) is 0.350. The van der Waals surface area contributed by atoms with Crippen molar-refractivity contribution in [2.75, 3.05) is 0 Å². The van der Waals surface area contributed by atoms with E-state index in [0.29, 0.717) is 21.6 Å². The Morgan fingerprint density at radius 3 is 2.92 bits per heavy atom. The van der Waals surface area contributed by atoms with Gasteiger partial charge in [0.2, 0.25) is 0 Å². The van der Waals surface area contributed by atoms with Gasteiger partial charge >= 0.3 is 5.97 Å². The molecule has 1 N–H and O–H groups in total. The lowest BCUT2D eigenvalue weighted by atomic mass is 10.1.